The summed E-state index contributed by atoms with van der Waals surface area (Å²) in [4.78, 5) is 11.0. The molecule has 1 aliphatic rings. The summed E-state index contributed by atoms with van der Waals surface area (Å²) in [5, 5.41) is 11.4. The van der Waals surface area contributed by atoms with Gasteiger partial charge in [-0.1, -0.05) is 10.3 Å². The molecular formula is C15H19ClN6O3. The normalized spacial score (nSPS) is 18.2. The summed E-state index contributed by atoms with van der Waals surface area (Å²) in [5.74, 6) is 2.33. The zero-order valence-corrected chi connectivity index (χ0v) is 14.5. The van der Waals surface area contributed by atoms with Crippen molar-refractivity contribution in [2.45, 2.75) is 18.9 Å². The van der Waals surface area contributed by atoms with Crippen molar-refractivity contribution < 1.29 is 13.5 Å². The van der Waals surface area contributed by atoms with E-state index in [1.165, 1.54) is 0 Å². The Kier molecular flexibility index (Phi) is 5.47. The summed E-state index contributed by atoms with van der Waals surface area (Å²) < 4.78 is 15.6. The third-order valence-corrected chi connectivity index (χ3v) is 4.09. The fourth-order valence-corrected chi connectivity index (χ4v) is 2.68. The van der Waals surface area contributed by atoms with Crippen molar-refractivity contribution in [2.75, 3.05) is 26.7 Å². The molecule has 0 amide bonds. The number of furan rings is 1. The molecule has 25 heavy (non-hydrogen) atoms. The first-order valence-electron chi connectivity index (χ1n) is 7.88. The standard InChI is InChI=1S/C15H18N6O3.ClH/c1-21-6-5-16-8-11(21)15-18-13(24-20-15)3-2-12-17-14(19-23-12)10-4-7-22-9-10;/h4,7,9,11,16H,2-3,5-6,8H2,1H3;1H. The van der Waals surface area contributed by atoms with Gasteiger partial charge in [0.1, 0.15) is 6.26 Å². The topological polar surface area (TPSA) is 106 Å². The first-order chi connectivity index (χ1) is 11.8. The number of rotatable bonds is 5. The lowest BCUT2D eigenvalue weighted by atomic mass is 10.2. The predicted octanol–water partition coefficient (Wildman–Crippen LogP) is 1.50. The minimum atomic E-state index is 0. The van der Waals surface area contributed by atoms with Gasteiger partial charge >= 0.3 is 0 Å². The van der Waals surface area contributed by atoms with Crippen LogP contribution >= 0.6 is 12.4 Å². The van der Waals surface area contributed by atoms with E-state index in [1.807, 2.05) is 0 Å². The van der Waals surface area contributed by atoms with E-state index in [-0.39, 0.29) is 18.4 Å². The van der Waals surface area contributed by atoms with E-state index in [1.54, 1.807) is 18.6 Å². The molecule has 1 fully saturated rings. The van der Waals surface area contributed by atoms with E-state index in [4.69, 9.17) is 13.5 Å². The number of aryl methyl sites for hydroxylation is 2. The Bertz CT molecular complexity index is 787. The molecular weight excluding hydrogens is 348 g/mol. The van der Waals surface area contributed by atoms with Crippen molar-refractivity contribution in [3.05, 3.63) is 36.2 Å². The lowest BCUT2D eigenvalue weighted by molar-refractivity contribution is 0.190. The fraction of sp³-hybridized carbons (Fsp3) is 0.467. The molecule has 9 nitrogen and oxygen atoms in total. The molecule has 0 radical (unpaired) electrons. The highest BCUT2D eigenvalue weighted by atomic mass is 35.5. The van der Waals surface area contributed by atoms with Gasteiger partial charge in [0.2, 0.25) is 17.6 Å². The largest absolute Gasteiger partial charge is 0.472 e. The van der Waals surface area contributed by atoms with Crippen LogP contribution in [0.2, 0.25) is 0 Å². The van der Waals surface area contributed by atoms with Crippen LogP contribution in [0, 0.1) is 0 Å². The number of hydrogen-bond donors (Lipinski definition) is 1. The molecule has 3 aromatic heterocycles. The van der Waals surface area contributed by atoms with E-state index in [0.29, 0.717) is 36.3 Å². The number of nitrogens with zero attached hydrogens (tertiary/aromatic N) is 5. The molecule has 1 aliphatic heterocycles. The Balaban J connectivity index is 0.00000182. The van der Waals surface area contributed by atoms with Crippen molar-refractivity contribution in [3.63, 3.8) is 0 Å². The van der Waals surface area contributed by atoms with Gasteiger partial charge in [0.15, 0.2) is 5.82 Å². The van der Waals surface area contributed by atoms with Crippen LogP contribution in [0.1, 0.15) is 23.6 Å². The van der Waals surface area contributed by atoms with E-state index in [0.717, 1.165) is 25.2 Å². The average molecular weight is 367 g/mol. The smallest absolute Gasteiger partial charge is 0.227 e. The minimum absolute atomic E-state index is 0. The molecule has 0 spiro atoms. The highest BCUT2D eigenvalue weighted by molar-refractivity contribution is 5.85. The number of likely N-dealkylation sites (N-methyl/N-ethyl adjacent to an activating group) is 1. The second kappa shape index (κ2) is 7.77. The average Bonchev–Trinajstić information content (AvgIpc) is 3.34. The number of piperazine rings is 1. The molecule has 1 unspecified atom stereocenters. The Morgan fingerprint density at radius 1 is 1.20 bits per heavy atom. The SMILES string of the molecule is CN1CCNCC1c1noc(CCc2nc(-c3ccoc3)no2)n1.Cl. The third-order valence-electron chi connectivity index (χ3n) is 4.09. The lowest BCUT2D eigenvalue weighted by Crippen LogP contribution is -2.44. The molecule has 3 aromatic rings. The van der Waals surface area contributed by atoms with Gasteiger partial charge in [-0.2, -0.15) is 9.97 Å². The lowest BCUT2D eigenvalue weighted by Gasteiger charge is -2.30. The Hall–Kier alpha value is -2.23. The first kappa shape index (κ1) is 17.6. The zero-order chi connectivity index (χ0) is 16.4. The summed E-state index contributed by atoms with van der Waals surface area (Å²) in [7, 11) is 2.07. The van der Waals surface area contributed by atoms with Crippen LogP contribution in [0.3, 0.4) is 0 Å². The minimum Gasteiger partial charge on any atom is -0.472 e. The van der Waals surface area contributed by atoms with Crippen molar-refractivity contribution in [2.24, 2.45) is 0 Å². The summed E-state index contributed by atoms with van der Waals surface area (Å²) in [6.07, 6.45) is 4.26. The van der Waals surface area contributed by atoms with Gasteiger partial charge in [0.05, 0.1) is 17.9 Å². The van der Waals surface area contributed by atoms with Crippen LogP contribution in [0.5, 0.6) is 0 Å². The summed E-state index contributed by atoms with van der Waals surface area (Å²) in [6, 6.07) is 1.93. The molecule has 0 bridgehead atoms. The van der Waals surface area contributed by atoms with Gasteiger partial charge in [0, 0.05) is 32.5 Å². The highest BCUT2D eigenvalue weighted by Gasteiger charge is 2.25. The van der Waals surface area contributed by atoms with Gasteiger partial charge in [-0.05, 0) is 13.1 Å². The molecule has 4 heterocycles. The number of aromatic nitrogens is 4. The second-order valence-electron chi connectivity index (χ2n) is 5.77. The van der Waals surface area contributed by atoms with Crippen LogP contribution < -0.4 is 5.32 Å². The highest BCUT2D eigenvalue weighted by Crippen LogP contribution is 2.19. The first-order valence-corrected chi connectivity index (χ1v) is 7.88. The van der Waals surface area contributed by atoms with Crippen molar-refractivity contribution in [1.82, 2.24) is 30.5 Å². The quantitative estimate of drug-likeness (QED) is 0.718. The van der Waals surface area contributed by atoms with E-state index < -0.39 is 0 Å². The third kappa shape index (κ3) is 3.89. The summed E-state index contributed by atoms with van der Waals surface area (Å²) in [5.41, 5.74) is 0.790. The van der Waals surface area contributed by atoms with Gasteiger partial charge in [-0.3, -0.25) is 4.90 Å². The Morgan fingerprint density at radius 3 is 2.76 bits per heavy atom. The molecule has 1 atom stereocenters. The summed E-state index contributed by atoms with van der Waals surface area (Å²) >= 11 is 0. The van der Waals surface area contributed by atoms with E-state index in [2.05, 4.69) is 37.5 Å². The zero-order valence-electron chi connectivity index (χ0n) is 13.7. The number of nitrogens with one attached hydrogen (secondary N) is 1. The Labute approximate surface area is 150 Å². The number of halogens is 1. The van der Waals surface area contributed by atoms with Gasteiger partial charge in [-0.15, -0.1) is 12.4 Å². The maximum atomic E-state index is 5.35. The van der Waals surface area contributed by atoms with Gasteiger partial charge in [-0.25, -0.2) is 0 Å². The molecule has 0 saturated carbocycles. The summed E-state index contributed by atoms with van der Waals surface area (Å²) in [6.45, 7) is 2.77. The molecule has 4 rings (SSSR count). The molecule has 0 aromatic carbocycles. The van der Waals surface area contributed by atoms with Crippen molar-refractivity contribution >= 4 is 12.4 Å². The van der Waals surface area contributed by atoms with Crippen molar-refractivity contribution in [3.8, 4) is 11.4 Å². The fourth-order valence-electron chi connectivity index (χ4n) is 2.68. The van der Waals surface area contributed by atoms with Crippen LogP contribution in [0.4, 0.5) is 0 Å². The van der Waals surface area contributed by atoms with Gasteiger partial charge in [0.25, 0.3) is 0 Å². The van der Waals surface area contributed by atoms with Gasteiger partial charge < -0.3 is 18.8 Å². The molecule has 1 saturated heterocycles. The molecule has 0 aliphatic carbocycles. The van der Waals surface area contributed by atoms with Crippen LogP contribution in [-0.4, -0.2) is 51.9 Å². The number of hydrogen-bond acceptors (Lipinski definition) is 9. The van der Waals surface area contributed by atoms with E-state index >= 15 is 0 Å². The van der Waals surface area contributed by atoms with Crippen LogP contribution in [0.25, 0.3) is 11.4 Å². The monoisotopic (exact) mass is 366 g/mol. The molecule has 10 heteroatoms. The maximum absolute atomic E-state index is 5.35. The molecule has 134 valence electrons. The Morgan fingerprint density at radius 2 is 2.00 bits per heavy atom. The predicted molar refractivity (Wildman–Crippen MR) is 89.2 cm³/mol. The van der Waals surface area contributed by atoms with Crippen LogP contribution in [0.15, 0.2) is 32.1 Å². The second-order valence-corrected chi connectivity index (χ2v) is 5.77. The van der Waals surface area contributed by atoms with Crippen LogP contribution in [-0.2, 0) is 12.8 Å². The van der Waals surface area contributed by atoms with E-state index in [9.17, 15) is 0 Å². The molecule has 1 N–H and O–H groups in total. The van der Waals surface area contributed by atoms with Crippen molar-refractivity contribution in [1.29, 1.82) is 0 Å². The maximum Gasteiger partial charge on any atom is 0.227 e.